The quantitative estimate of drug-likeness (QED) is 0.761. The lowest BCUT2D eigenvalue weighted by Crippen LogP contribution is -2.16. The Balaban J connectivity index is 2.43. The third-order valence-electron chi connectivity index (χ3n) is 3.38. The Kier molecular flexibility index (Phi) is 6.51. The van der Waals surface area contributed by atoms with Crippen molar-refractivity contribution in [3.8, 4) is 6.07 Å². The van der Waals surface area contributed by atoms with Crippen LogP contribution in [-0.4, -0.2) is 22.6 Å². The minimum atomic E-state index is -0.744. The summed E-state index contributed by atoms with van der Waals surface area (Å²) in [5.74, 6) is 0.768. The summed E-state index contributed by atoms with van der Waals surface area (Å²) in [6.45, 7) is 4.95. The van der Waals surface area contributed by atoms with Crippen molar-refractivity contribution in [2.75, 3.05) is 11.9 Å². The number of pyridine rings is 1. The molecule has 1 aromatic rings. The van der Waals surface area contributed by atoms with Crippen LogP contribution < -0.4 is 5.32 Å². The predicted molar refractivity (Wildman–Crippen MR) is 77.3 cm³/mol. The SMILES string of the molecule is CC(C)C(CCNc1cc(C#N)ccn1)CCC(=O)O. The highest BCUT2D eigenvalue weighted by Crippen LogP contribution is 2.21. The van der Waals surface area contributed by atoms with Gasteiger partial charge in [-0.1, -0.05) is 13.8 Å². The van der Waals surface area contributed by atoms with E-state index < -0.39 is 5.97 Å². The Morgan fingerprint density at radius 2 is 2.25 bits per heavy atom. The number of aliphatic carboxylic acids is 1. The summed E-state index contributed by atoms with van der Waals surface area (Å²) in [7, 11) is 0. The first-order valence-corrected chi connectivity index (χ1v) is 6.84. The highest BCUT2D eigenvalue weighted by Gasteiger charge is 2.14. The molecule has 0 aliphatic heterocycles. The predicted octanol–water partition coefficient (Wildman–Crippen LogP) is 2.89. The third kappa shape index (κ3) is 5.70. The monoisotopic (exact) mass is 275 g/mol. The van der Waals surface area contributed by atoms with Crippen molar-refractivity contribution in [1.82, 2.24) is 4.98 Å². The number of hydrogen-bond acceptors (Lipinski definition) is 4. The van der Waals surface area contributed by atoms with Crippen LogP contribution in [0, 0.1) is 23.2 Å². The Labute approximate surface area is 119 Å². The maximum atomic E-state index is 10.6. The summed E-state index contributed by atoms with van der Waals surface area (Å²) in [6.07, 6.45) is 3.40. The van der Waals surface area contributed by atoms with Crippen LogP contribution >= 0.6 is 0 Å². The number of nitrogens with one attached hydrogen (secondary N) is 1. The van der Waals surface area contributed by atoms with E-state index >= 15 is 0 Å². The zero-order valence-electron chi connectivity index (χ0n) is 12.0. The summed E-state index contributed by atoms with van der Waals surface area (Å²) in [6, 6.07) is 5.44. The molecule has 0 fully saturated rings. The standard InChI is InChI=1S/C15H21N3O2/c1-11(2)13(3-4-15(19)20)6-8-18-14-9-12(10-16)5-7-17-14/h5,7,9,11,13H,3-4,6,8H2,1-2H3,(H,17,18)(H,19,20). The van der Waals surface area contributed by atoms with Gasteiger partial charge >= 0.3 is 5.97 Å². The van der Waals surface area contributed by atoms with Gasteiger partial charge in [0.05, 0.1) is 11.6 Å². The van der Waals surface area contributed by atoms with E-state index in [1.54, 1.807) is 18.3 Å². The van der Waals surface area contributed by atoms with Gasteiger partial charge in [-0.15, -0.1) is 0 Å². The number of carboxylic acid groups (broad SMARTS) is 1. The number of aromatic nitrogens is 1. The number of hydrogen-bond donors (Lipinski definition) is 2. The molecule has 0 saturated heterocycles. The maximum absolute atomic E-state index is 10.6. The van der Waals surface area contributed by atoms with Gasteiger partial charge in [0.2, 0.25) is 0 Å². The lowest BCUT2D eigenvalue weighted by molar-refractivity contribution is -0.137. The number of carbonyl (C=O) groups is 1. The van der Waals surface area contributed by atoms with Gasteiger partial charge in [0.25, 0.3) is 0 Å². The van der Waals surface area contributed by atoms with E-state index in [2.05, 4.69) is 30.2 Å². The largest absolute Gasteiger partial charge is 0.481 e. The van der Waals surface area contributed by atoms with Crippen molar-refractivity contribution < 1.29 is 9.90 Å². The van der Waals surface area contributed by atoms with Crippen LogP contribution in [0.3, 0.4) is 0 Å². The van der Waals surface area contributed by atoms with Gasteiger partial charge in [-0.05, 0) is 36.8 Å². The average molecular weight is 275 g/mol. The van der Waals surface area contributed by atoms with Gasteiger partial charge < -0.3 is 10.4 Å². The van der Waals surface area contributed by atoms with Gasteiger partial charge in [0.15, 0.2) is 0 Å². The van der Waals surface area contributed by atoms with Crippen LogP contribution in [-0.2, 0) is 4.79 Å². The molecule has 108 valence electrons. The van der Waals surface area contributed by atoms with Gasteiger partial charge in [-0.3, -0.25) is 4.79 Å². The highest BCUT2D eigenvalue weighted by atomic mass is 16.4. The number of anilines is 1. The van der Waals surface area contributed by atoms with Gasteiger partial charge in [-0.2, -0.15) is 5.26 Å². The van der Waals surface area contributed by atoms with E-state index in [1.807, 2.05) is 0 Å². The number of carboxylic acids is 1. The lowest BCUT2D eigenvalue weighted by atomic mass is 9.88. The molecule has 0 aliphatic rings. The second kappa shape index (κ2) is 8.16. The van der Waals surface area contributed by atoms with Crippen molar-refractivity contribution in [2.45, 2.75) is 33.1 Å². The second-order valence-corrected chi connectivity index (χ2v) is 5.19. The number of nitrogens with zero attached hydrogens (tertiary/aromatic N) is 2. The first kappa shape index (κ1) is 16.0. The summed E-state index contributed by atoms with van der Waals surface area (Å²) < 4.78 is 0. The molecule has 0 bridgehead atoms. The average Bonchev–Trinajstić information content (AvgIpc) is 2.42. The molecule has 20 heavy (non-hydrogen) atoms. The van der Waals surface area contributed by atoms with E-state index in [0.717, 1.165) is 13.0 Å². The molecule has 5 nitrogen and oxygen atoms in total. The van der Waals surface area contributed by atoms with E-state index in [1.165, 1.54) is 0 Å². The van der Waals surface area contributed by atoms with Crippen molar-refractivity contribution in [2.24, 2.45) is 11.8 Å². The molecule has 1 heterocycles. The molecule has 0 aromatic carbocycles. The first-order valence-electron chi connectivity index (χ1n) is 6.84. The molecular weight excluding hydrogens is 254 g/mol. The van der Waals surface area contributed by atoms with Gasteiger partial charge in [0, 0.05) is 19.2 Å². The Hall–Kier alpha value is -2.09. The van der Waals surface area contributed by atoms with Crippen LogP contribution in [0.5, 0.6) is 0 Å². The smallest absolute Gasteiger partial charge is 0.303 e. The fraction of sp³-hybridized carbons (Fsp3) is 0.533. The fourth-order valence-electron chi connectivity index (χ4n) is 2.10. The molecule has 0 aliphatic carbocycles. The minimum Gasteiger partial charge on any atom is -0.481 e. The molecule has 1 atom stereocenters. The zero-order valence-corrected chi connectivity index (χ0v) is 12.0. The zero-order chi connectivity index (χ0) is 15.0. The fourth-order valence-corrected chi connectivity index (χ4v) is 2.10. The molecule has 2 N–H and O–H groups in total. The van der Waals surface area contributed by atoms with Crippen molar-refractivity contribution in [3.63, 3.8) is 0 Å². The van der Waals surface area contributed by atoms with Crippen LogP contribution in [0.15, 0.2) is 18.3 Å². The molecule has 0 radical (unpaired) electrons. The normalized spacial score (nSPS) is 11.9. The second-order valence-electron chi connectivity index (χ2n) is 5.19. The molecule has 0 saturated carbocycles. The Bertz CT molecular complexity index is 480. The molecular formula is C15H21N3O2. The van der Waals surface area contributed by atoms with Gasteiger partial charge in [-0.25, -0.2) is 4.98 Å². The first-order chi connectivity index (χ1) is 9.52. The minimum absolute atomic E-state index is 0.213. The molecule has 1 unspecified atom stereocenters. The van der Waals surface area contributed by atoms with E-state index in [4.69, 9.17) is 10.4 Å². The van der Waals surface area contributed by atoms with E-state index in [9.17, 15) is 4.79 Å². The van der Waals surface area contributed by atoms with Crippen molar-refractivity contribution in [3.05, 3.63) is 23.9 Å². The van der Waals surface area contributed by atoms with Crippen molar-refractivity contribution in [1.29, 1.82) is 5.26 Å². The summed E-state index contributed by atoms with van der Waals surface area (Å²) in [5, 5.41) is 20.7. The van der Waals surface area contributed by atoms with Crippen LogP contribution in [0.2, 0.25) is 0 Å². The summed E-state index contributed by atoms with van der Waals surface area (Å²) >= 11 is 0. The molecule has 1 rings (SSSR count). The third-order valence-corrected chi connectivity index (χ3v) is 3.38. The summed E-state index contributed by atoms with van der Waals surface area (Å²) in [5.41, 5.74) is 0.578. The molecule has 1 aromatic heterocycles. The van der Waals surface area contributed by atoms with Crippen LogP contribution in [0.1, 0.15) is 38.7 Å². The maximum Gasteiger partial charge on any atom is 0.303 e. The number of rotatable bonds is 8. The Morgan fingerprint density at radius 3 is 2.85 bits per heavy atom. The number of nitriles is 1. The van der Waals surface area contributed by atoms with E-state index in [0.29, 0.717) is 29.6 Å². The van der Waals surface area contributed by atoms with Crippen LogP contribution in [0.25, 0.3) is 0 Å². The van der Waals surface area contributed by atoms with Crippen molar-refractivity contribution >= 4 is 11.8 Å². The van der Waals surface area contributed by atoms with Crippen LogP contribution in [0.4, 0.5) is 5.82 Å². The topological polar surface area (TPSA) is 86.0 Å². The lowest BCUT2D eigenvalue weighted by Gasteiger charge is -2.20. The molecule has 0 spiro atoms. The molecule has 0 amide bonds. The molecule has 5 heteroatoms. The van der Waals surface area contributed by atoms with E-state index in [-0.39, 0.29) is 6.42 Å². The Morgan fingerprint density at radius 1 is 1.50 bits per heavy atom. The highest BCUT2D eigenvalue weighted by molar-refractivity contribution is 5.66. The van der Waals surface area contributed by atoms with Gasteiger partial charge in [0.1, 0.15) is 5.82 Å². The summed E-state index contributed by atoms with van der Waals surface area (Å²) in [4.78, 5) is 14.8.